The molecule has 4 aromatic rings. The molecule has 198 valence electrons. The predicted octanol–water partition coefficient (Wildman–Crippen LogP) is 5.00. The molecule has 0 radical (unpaired) electrons. The molecule has 0 spiro atoms. The van der Waals surface area contributed by atoms with E-state index in [4.69, 9.17) is 9.47 Å². The van der Waals surface area contributed by atoms with Crippen molar-refractivity contribution in [3.63, 3.8) is 0 Å². The molecule has 3 heterocycles. The Morgan fingerprint density at radius 3 is 2.72 bits per heavy atom. The third-order valence-electron chi connectivity index (χ3n) is 7.23. The number of amides is 1. The van der Waals surface area contributed by atoms with Crippen LogP contribution in [0.2, 0.25) is 0 Å². The van der Waals surface area contributed by atoms with Crippen molar-refractivity contribution in [1.29, 1.82) is 0 Å². The number of aromatic nitrogens is 2. The molecule has 1 unspecified atom stereocenters. The molecule has 0 N–H and O–H groups in total. The zero-order valence-electron chi connectivity index (χ0n) is 21.5. The lowest BCUT2D eigenvalue weighted by molar-refractivity contribution is 0.0774. The number of halogens is 1. The van der Waals surface area contributed by atoms with Crippen LogP contribution in [0.25, 0.3) is 22.2 Å². The van der Waals surface area contributed by atoms with Gasteiger partial charge in [0.1, 0.15) is 5.82 Å². The standard InChI is InChI=1S/C30H27FN4O4/c1-38-26-16-22-24(32-18-21-9-5-12-34(21)29(22)36)17-27(26)39-14-6-13-35-25-11-10-20(31)15-23(25)28(33-30(35)37)19-7-3-2-4-8-19/h2-4,7-8,10-11,15-18,21H,5-6,9,12-14H2,1H3. The minimum atomic E-state index is -0.413. The van der Waals surface area contributed by atoms with Gasteiger partial charge in [0.15, 0.2) is 11.5 Å². The van der Waals surface area contributed by atoms with Gasteiger partial charge in [0.25, 0.3) is 5.91 Å². The minimum absolute atomic E-state index is 0.0174. The second kappa shape index (κ2) is 10.3. The molecule has 9 heteroatoms. The maximum Gasteiger partial charge on any atom is 0.348 e. The molecule has 6 rings (SSSR count). The Kier molecular flexibility index (Phi) is 6.56. The van der Waals surface area contributed by atoms with Crippen LogP contribution in [0.3, 0.4) is 0 Å². The van der Waals surface area contributed by atoms with E-state index in [1.165, 1.54) is 23.8 Å². The zero-order valence-corrected chi connectivity index (χ0v) is 21.5. The van der Waals surface area contributed by atoms with E-state index < -0.39 is 11.5 Å². The van der Waals surface area contributed by atoms with Crippen LogP contribution in [-0.4, -0.2) is 52.9 Å². The SMILES string of the molecule is COc1cc2c(cc1OCCCn1c(=O)nc(-c3ccccc3)c3cc(F)ccc31)N=CC1CCCN1C2=O. The van der Waals surface area contributed by atoms with E-state index in [0.29, 0.717) is 52.3 Å². The maximum atomic E-state index is 14.2. The van der Waals surface area contributed by atoms with E-state index in [0.717, 1.165) is 24.9 Å². The van der Waals surface area contributed by atoms with E-state index in [2.05, 4.69) is 9.98 Å². The summed E-state index contributed by atoms with van der Waals surface area (Å²) in [5.41, 5.74) is 2.44. The Bertz CT molecular complexity index is 1650. The normalized spacial score (nSPS) is 16.2. The average Bonchev–Trinajstić information content (AvgIpc) is 3.39. The highest BCUT2D eigenvalue weighted by Gasteiger charge is 2.32. The topological polar surface area (TPSA) is 86.0 Å². The van der Waals surface area contributed by atoms with Gasteiger partial charge in [-0.15, -0.1) is 0 Å². The lowest BCUT2D eigenvalue weighted by Gasteiger charge is -2.20. The molecule has 0 bridgehead atoms. The number of carbonyl (C=O) groups excluding carboxylic acids is 1. The Morgan fingerprint density at radius 2 is 1.90 bits per heavy atom. The largest absolute Gasteiger partial charge is 0.493 e. The summed E-state index contributed by atoms with van der Waals surface area (Å²) < 4.78 is 27.3. The first-order chi connectivity index (χ1) is 19.0. The van der Waals surface area contributed by atoms with Gasteiger partial charge < -0.3 is 14.4 Å². The van der Waals surface area contributed by atoms with E-state index in [1.807, 2.05) is 41.4 Å². The van der Waals surface area contributed by atoms with E-state index in [1.54, 1.807) is 18.2 Å². The predicted molar refractivity (Wildman–Crippen MR) is 147 cm³/mol. The van der Waals surface area contributed by atoms with Crippen LogP contribution in [0.4, 0.5) is 10.1 Å². The van der Waals surface area contributed by atoms with Crippen LogP contribution >= 0.6 is 0 Å². The number of aliphatic imine (C=N–C) groups is 1. The molecule has 2 aliphatic rings. The number of nitrogens with zero attached hydrogens (tertiary/aromatic N) is 4. The summed E-state index contributed by atoms with van der Waals surface area (Å²) in [5.74, 6) is 0.470. The monoisotopic (exact) mass is 526 g/mol. The lowest BCUT2D eigenvalue weighted by atomic mass is 10.1. The Balaban J connectivity index is 1.23. The van der Waals surface area contributed by atoms with Crippen molar-refractivity contribution >= 4 is 28.7 Å². The molecule has 2 aliphatic heterocycles. The maximum absolute atomic E-state index is 14.2. The number of ether oxygens (including phenoxy) is 2. The number of aryl methyl sites for hydroxylation is 1. The summed E-state index contributed by atoms with van der Waals surface area (Å²) in [4.78, 5) is 36.8. The second-order valence-electron chi connectivity index (χ2n) is 9.63. The molecule has 39 heavy (non-hydrogen) atoms. The summed E-state index contributed by atoms with van der Waals surface area (Å²) in [5, 5.41) is 0.567. The number of hydrogen-bond acceptors (Lipinski definition) is 6. The van der Waals surface area contributed by atoms with Crippen molar-refractivity contribution in [3.05, 3.63) is 82.5 Å². The molecule has 1 fully saturated rings. The second-order valence-corrected chi connectivity index (χ2v) is 9.63. The van der Waals surface area contributed by atoms with Crippen LogP contribution < -0.4 is 15.2 Å². The van der Waals surface area contributed by atoms with Gasteiger partial charge in [0.2, 0.25) is 0 Å². The molecule has 8 nitrogen and oxygen atoms in total. The number of carbonyl (C=O) groups is 1. The highest BCUT2D eigenvalue weighted by Crippen LogP contribution is 2.38. The quantitative estimate of drug-likeness (QED) is 0.317. The van der Waals surface area contributed by atoms with E-state index in [9.17, 15) is 14.0 Å². The van der Waals surface area contributed by atoms with Crippen molar-refractivity contribution in [1.82, 2.24) is 14.5 Å². The number of benzene rings is 3. The molecule has 0 saturated carbocycles. The van der Waals surface area contributed by atoms with E-state index in [-0.39, 0.29) is 18.6 Å². The number of fused-ring (bicyclic) bond motifs is 3. The third kappa shape index (κ3) is 4.65. The van der Waals surface area contributed by atoms with Gasteiger partial charge in [-0.05, 0) is 43.5 Å². The smallest absolute Gasteiger partial charge is 0.348 e. The van der Waals surface area contributed by atoms with Crippen LogP contribution in [0, 0.1) is 5.82 Å². The van der Waals surface area contributed by atoms with Crippen molar-refractivity contribution in [3.8, 4) is 22.8 Å². The fourth-order valence-corrected chi connectivity index (χ4v) is 5.31. The molecule has 1 atom stereocenters. The molecule has 1 aromatic heterocycles. The fourth-order valence-electron chi connectivity index (χ4n) is 5.31. The van der Waals surface area contributed by atoms with Gasteiger partial charge >= 0.3 is 5.69 Å². The highest BCUT2D eigenvalue weighted by atomic mass is 19.1. The Hall–Kier alpha value is -4.53. The van der Waals surface area contributed by atoms with Gasteiger partial charge in [0, 0.05) is 36.3 Å². The molecule has 1 saturated heterocycles. The van der Waals surface area contributed by atoms with Crippen LogP contribution in [0.5, 0.6) is 11.5 Å². The van der Waals surface area contributed by atoms with Gasteiger partial charge in [0.05, 0.1) is 42.2 Å². The van der Waals surface area contributed by atoms with Crippen molar-refractivity contribution < 1.29 is 18.7 Å². The first kappa shape index (κ1) is 24.8. The van der Waals surface area contributed by atoms with Gasteiger partial charge in [-0.25, -0.2) is 9.18 Å². The van der Waals surface area contributed by atoms with Gasteiger partial charge in [-0.1, -0.05) is 30.3 Å². The van der Waals surface area contributed by atoms with Gasteiger partial charge in [-0.2, -0.15) is 4.98 Å². The van der Waals surface area contributed by atoms with Crippen molar-refractivity contribution in [2.24, 2.45) is 4.99 Å². The number of methoxy groups -OCH3 is 1. The third-order valence-corrected chi connectivity index (χ3v) is 7.23. The number of hydrogen-bond donors (Lipinski definition) is 0. The van der Waals surface area contributed by atoms with Crippen molar-refractivity contribution in [2.45, 2.75) is 31.8 Å². The first-order valence-electron chi connectivity index (χ1n) is 13.0. The molecule has 3 aromatic carbocycles. The average molecular weight is 527 g/mol. The van der Waals surface area contributed by atoms with Crippen LogP contribution in [0.15, 0.2) is 70.5 Å². The molecule has 0 aliphatic carbocycles. The summed E-state index contributed by atoms with van der Waals surface area (Å²) >= 11 is 0. The number of rotatable bonds is 7. The van der Waals surface area contributed by atoms with Crippen molar-refractivity contribution in [2.75, 3.05) is 20.3 Å². The Labute approximate surface area is 224 Å². The summed E-state index contributed by atoms with van der Waals surface area (Å²) in [6.45, 7) is 1.32. The highest BCUT2D eigenvalue weighted by molar-refractivity contribution is 6.03. The molecular weight excluding hydrogens is 499 g/mol. The Morgan fingerprint density at radius 1 is 1.05 bits per heavy atom. The first-order valence-corrected chi connectivity index (χ1v) is 13.0. The van der Waals surface area contributed by atoms with Crippen LogP contribution in [0.1, 0.15) is 29.6 Å². The van der Waals surface area contributed by atoms with Gasteiger partial charge in [-0.3, -0.25) is 14.4 Å². The molecular formula is C30H27FN4O4. The van der Waals surface area contributed by atoms with E-state index >= 15 is 0 Å². The summed E-state index contributed by atoms with van der Waals surface area (Å²) in [6.07, 6.45) is 4.19. The fraction of sp³-hybridized carbons (Fsp3) is 0.267. The zero-order chi connectivity index (χ0) is 26.9. The lowest BCUT2D eigenvalue weighted by Crippen LogP contribution is -2.35. The summed E-state index contributed by atoms with van der Waals surface area (Å²) in [7, 11) is 1.53. The molecule has 1 amide bonds. The minimum Gasteiger partial charge on any atom is -0.493 e. The van der Waals surface area contributed by atoms with Crippen LogP contribution in [-0.2, 0) is 6.54 Å². The summed E-state index contributed by atoms with van der Waals surface area (Å²) in [6, 6.07) is 17.1.